The van der Waals surface area contributed by atoms with Crippen molar-refractivity contribution in [2.75, 3.05) is 7.05 Å². The molecule has 0 fully saturated rings. The molecule has 0 aliphatic heterocycles. The van der Waals surface area contributed by atoms with Crippen LogP contribution in [0.4, 0.5) is 10.1 Å². The fourth-order valence-corrected chi connectivity index (χ4v) is 1.99. The monoisotopic (exact) mass is 274 g/mol. The van der Waals surface area contributed by atoms with Crippen molar-refractivity contribution in [3.63, 3.8) is 0 Å². The fraction of sp³-hybridized carbons (Fsp3) is 0.200. The molecule has 104 valence electrons. The lowest BCUT2D eigenvalue weighted by Gasteiger charge is -2.16. The van der Waals surface area contributed by atoms with Gasteiger partial charge in [-0.25, -0.2) is 4.39 Å². The Balaban J connectivity index is 1.95. The Kier molecular flexibility index (Phi) is 4.42. The molecule has 0 spiro atoms. The van der Waals surface area contributed by atoms with E-state index in [4.69, 9.17) is 0 Å². The summed E-state index contributed by atoms with van der Waals surface area (Å²) in [6.45, 7) is 1.37. The van der Waals surface area contributed by atoms with E-state index in [9.17, 15) is 14.5 Å². The second-order valence-corrected chi connectivity index (χ2v) is 4.72. The summed E-state index contributed by atoms with van der Waals surface area (Å²) in [4.78, 5) is 12.2. The van der Waals surface area contributed by atoms with E-state index < -0.39 is 4.92 Å². The molecule has 0 aromatic heterocycles. The van der Waals surface area contributed by atoms with Crippen molar-refractivity contribution in [3.8, 4) is 0 Å². The van der Waals surface area contributed by atoms with Crippen LogP contribution < -0.4 is 0 Å². The van der Waals surface area contributed by atoms with Crippen molar-refractivity contribution in [3.05, 3.63) is 75.6 Å². The van der Waals surface area contributed by atoms with Crippen LogP contribution in [0.1, 0.15) is 11.1 Å². The van der Waals surface area contributed by atoms with E-state index in [1.807, 2.05) is 7.05 Å². The lowest BCUT2D eigenvalue weighted by Crippen LogP contribution is -2.17. The van der Waals surface area contributed by atoms with Gasteiger partial charge in [-0.05, 0) is 30.3 Å². The highest BCUT2D eigenvalue weighted by Crippen LogP contribution is 2.14. The Bertz CT molecular complexity index is 582. The summed E-state index contributed by atoms with van der Waals surface area (Å²) in [6, 6.07) is 12.9. The molecule has 0 saturated carbocycles. The molecule has 0 atom stereocenters. The summed E-state index contributed by atoms with van der Waals surface area (Å²) in [5.74, 6) is -0.244. The molecule has 0 unspecified atom stereocenters. The minimum atomic E-state index is -0.411. The number of nitro benzene ring substituents is 1. The Morgan fingerprint density at radius 2 is 1.45 bits per heavy atom. The molecule has 0 amide bonds. The minimum Gasteiger partial charge on any atom is -0.298 e. The van der Waals surface area contributed by atoms with Crippen molar-refractivity contribution in [2.45, 2.75) is 13.1 Å². The lowest BCUT2D eigenvalue weighted by molar-refractivity contribution is -0.384. The van der Waals surface area contributed by atoms with E-state index in [1.54, 1.807) is 24.3 Å². The summed E-state index contributed by atoms with van der Waals surface area (Å²) >= 11 is 0. The van der Waals surface area contributed by atoms with Gasteiger partial charge in [0, 0.05) is 25.2 Å². The van der Waals surface area contributed by atoms with E-state index in [0.29, 0.717) is 13.1 Å². The van der Waals surface area contributed by atoms with E-state index in [2.05, 4.69) is 4.90 Å². The second-order valence-electron chi connectivity index (χ2n) is 4.72. The van der Waals surface area contributed by atoms with Crippen LogP contribution in [0.5, 0.6) is 0 Å². The number of hydrogen-bond acceptors (Lipinski definition) is 3. The van der Waals surface area contributed by atoms with Gasteiger partial charge in [0.2, 0.25) is 0 Å². The van der Waals surface area contributed by atoms with Crippen LogP contribution in [0.15, 0.2) is 48.5 Å². The quantitative estimate of drug-likeness (QED) is 0.620. The first-order valence-corrected chi connectivity index (χ1v) is 6.21. The molecule has 5 heteroatoms. The predicted octanol–water partition coefficient (Wildman–Crippen LogP) is 3.37. The second kappa shape index (κ2) is 6.25. The maximum atomic E-state index is 12.8. The smallest absolute Gasteiger partial charge is 0.269 e. The molecule has 20 heavy (non-hydrogen) atoms. The normalized spacial score (nSPS) is 10.8. The third-order valence-electron chi connectivity index (χ3n) is 2.97. The Morgan fingerprint density at radius 1 is 1.00 bits per heavy atom. The first-order chi connectivity index (χ1) is 9.54. The average Bonchev–Trinajstić information content (AvgIpc) is 2.42. The Morgan fingerprint density at radius 3 is 1.90 bits per heavy atom. The van der Waals surface area contributed by atoms with Crippen molar-refractivity contribution in [2.24, 2.45) is 0 Å². The van der Waals surface area contributed by atoms with E-state index in [1.165, 1.54) is 24.3 Å². The van der Waals surface area contributed by atoms with Crippen LogP contribution in [-0.2, 0) is 13.1 Å². The summed E-state index contributed by atoms with van der Waals surface area (Å²) in [7, 11) is 1.95. The molecular weight excluding hydrogens is 259 g/mol. The van der Waals surface area contributed by atoms with Gasteiger partial charge in [0.05, 0.1) is 4.92 Å². The first kappa shape index (κ1) is 14.1. The topological polar surface area (TPSA) is 46.4 Å². The number of nitrogens with zero attached hydrogens (tertiary/aromatic N) is 2. The number of benzene rings is 2. The third kappa shape index (κ3) is 3.86. The van der Waals surface area contributed by atoms with Gasteiger partial charge in [-0.3, -0.25) is 15.0 Å². The van der Waals surface area contributed by atoms with Crippen LogP contribution in [0.3, 0.4) is 0 Å². The lowest BCUT2D eigenvalue weighted by atomic mass is 10.1. The van der Waals surface area contributed by atoms with Gasteiger partial charge in [0.25, 0.3) is 5.69 Å². The molecule has 0 N–H and O–H groups in total. The number of rotatable bonds is 5. The highest BCUT2D eigenvalue weighted by molar-refractivity contribution is 5.32. The van der Waals surface area contributed by atoms with Crippen LogP contribution in [0.2, 0.25) is 0 Å². The Labute approximate surface area is 116 Å². The van der Waals surface area contributed by atoms with Crippen molar-refractivity contribution in [1.82, 2.24) is 4.90 Å². The van der Waals surface area contributed by atoms with Crippen LogP contribution in [-0.4, -0.2) is 16.9 Å². The number of halogens is 1. The molecule has 0 bridgehead atoms. The first-order valence-electron chi connectivity index (χ1n) is 6.21. The number of hydrogen-bond donors (Lipinski definition) is 0. The molecule has 0 aliphatic carbocycles. The summed E-state index contributed by atoms with van der Waals surface area (Å²) < 4.78 is 12.8. The number of non-ortho nitro benzene ring substituents is 1. The minimum absolute atomic E-state index is 0.0925. The van der Waals surface area contributed by atoms with Crippen LogP contribution in [0.25, 0.3) is 0 Å². The summed E-state index contributed by atoms with van der Waals surface area (Å²) in [5.41, 5.74) is 2.12. The van der Waals surface area contributed by atoms with Gasteiger partial charge in [0.15, 0.2) is 0 Å². The van der Waals surface area contributed by atoms with E-state index in [0.717, 1.165) is 11.1 Å². The van der Waals surface area contributed by atoms with Gasteiger partial charge >= 0.3 is 0 Å². The molecule has 0 saturated heterocycles. The predicted molar refractivity (Wildman–Crippen MR) is 74.7 cm³/mol. The fourth-order valence-electron chi connectivity index (χ4n) is 1.99. The van der Waals surface area contributed by atoms with Crippen molar-refractivity contribution >= 4 is 5.69 Å². The highest BCUT2D eigenvalue weighted by Gasteiger charge is 2.06. The SMILES string of the molecule is CN(Cc1ccc(F)cc1)Cc1ccc([N+](=O)[O-])cc1. The zero-order valence-corrected chi connectivity index (χ0v) is 11.1. The molecule has 0 aliphatic rings. The maximum absolute atomic E-state index is 12.8. The van der Waals surface area contributed by atoms with Gasteiger partial charge in [-0.1, -0.05) is 24.3 Å². The zero-order valence-electron chi connectivity index (χ0n) is 11.1. The zero-order chi connectivity index (χ0) is 14.5. The van der Waals surface area contributed by atoms with Crippen molar-refractivity contribution < 1.29 is 9.31 Å². The standard InChI is InChI=1S/C15H15FN2O2/c1-17(10-12-2-6-14(16)7-3-12)11-13-4-8-15(9-5-13)18(19)20/h2-9H,10-11H2,1H3. The highest BCUT2D eigenvalue weighted by atomic mass is 19.1. The third-order valence-corrected chi connectivity index (χ3v) is 2.97. The molecule has 2 rings (SSSR count). The summed E-state index contributed by atoms with van der Waals surface area (Å²) in [6.07, 6.45) is 0. The van der Waals surface area contributed by atoms with Crippen LogP contribution >= 0.6 is 0 Å². The van der Waals surface area contributed by atoms with Gasteiger partial charge < -0.3 is 0 Å². The molecule has 2 aromatic rings. The van der Waals surface area contributed by atoms with Gasteiger partial charge in [-0.2, -0.15) is 0 Å². The molecule has 2 aromatic carbocycles. The van der Waals surface area contributed by atoms with Crippen molar-refractivity contribution in [1.29, 1.82) is 0 Å². The van der Waals surface area contributed by atoms with Crippen LogP contribution in [0, 0.1) is 15.9 Å². The molecule has 4 nitrogen and oxygen atoms in total. The van der Waals surface area contributed by atoms with Gasteiger partial charge in [0.1, 0.15) is 5.82 Å². The average molecular weight is 274 g/mol. The van der Waals surface area contributed by atoms with Gasteiger partial charge in [-0.15, -0.1) is 0 Å². The van der Waals surface area contributed by atoms with E-state index in [-0.39, 0.29) is 11.5 Å². The number of nitro groups is 1. The summed E-state index contributed by atoms with van der Waals surface area (Å²) in [5, 5.41) is 10.6. The molecular formula is C15H15FN2O2. The maximum Gasteiger partial charge on any atom is 0.269 e. The molecule has 0 heterocycles. The van der Waals surface area contributed by atoms with E-state index >= 15 is 0 Å². The largest absolute Gasteiger partial charge is 0.298 e. The molecule has 0 radical (unpaired) electrons. The Hall–Kier alpha value is -2.27.